The minimum Gasteiger partial charge on any atom is -0.454 e. The summed E-state index contributed by atoms with van der Waals surface area (Å²) in [7, 11) is 1.67. The molecule has 0 amide bonds. The number of hydrogen-bond donors (Lipinski definition) is 1. The van der Waals surface area contributed by atoms with Gasteiger partial charge in [0.05, 0.1) is 12.1 Å². The molecule has 1 rings (SSSR count). The van der Waals surface area contributed by atoms with E-state index in [1.54, 1.807) is 19.2 Å². The zero-order valence-corrected chi connectivity index (χ0v) is 9.45. The van der Waals surface area contributed by atoms with Gasteiger partial charge in [-0.1, -0.05) is 17.7 Å². The molecule has 1 aromatic carbocycles. The number of likely N-dealkylation sites (N-methyl/N-ethyl adjacent to an activating group) is 1. The van der Waals surface area contributed by atoms with Gasteiger partial charge in [0.15, 0.2) is 12.4 Å². The lowest BCUT2D eigenvalue weighted by Crippen LogP contribution is -2.24. The summed E-state index contributed by atoms with van der Waals surface area (Å²) in [5, 5.41) is 2.70. The molecule has 0 aliphatic heterocycles. The van der Waals surface area contributed by atoms with Crippen LogP contribution in [0.3, 0.4) is 0 Å². The molecule has 1 N–H and O–H groups in total. The fraction of sp³-hybridized carbons (Fsp3) is 0.333. The number of ether oxygens (including phenoxy) is 1. The van der Waals surface area contributed by atoms with Gasteiger partial charge >= 0.3 is 5.97 Å². The molecule has 4 heteroatoms. The van der Waals surface area contributed by atoms with Crippen LogP contribution in [-0.2, 0) is 9.53 Å². The van der Waals surface area contributed by atoms with Gasteiger partial charge in [-0.2, -0.15) is 0 Å². The number of carbonyl (C=O) groups is 2. The Kier molecular flexibility index (Phi) is 4.66. The summed E-state index contributed by atoms with van der Waals surface area (Å²) in [6.45, 7) is 1.96. The minimum atomic E-state index is -0.468. The Balaban J connectivity index is 2.47. The number of hydrogen-bond acceptors (Lipinski definition) is 4. The number of esters is 1. The van der Waals surface area contributed by atoms with Crippen molar-refractivity contribution < 1.29 is 14.3 Å². The fourth-order valence-corrected chi connectivity index (χ4v) is 1.17. The van der Waals surface area contributed by atoms with Crippen molar-refractivity contribution in [1.29, 1.82) is 0 Å². The molecule has 0 aliphatic rings. The summed E-state index contributed by atoms with van der Waals surface area (Å²) in [5.74, 6) is -0.618. The molecule has 0 heterocycles. The summed E-state index contributed by atoms with van der Waals surface area (Å²) in [6, 6.07) is 7.01. The van der Waals surface area contributed by atoms with E-state index in [-0.39, 0.29) is 18.9 Å². The molecule has 86 valence electrons. The molecule has 0 radical (unpaired) electrons. The van der Waals surface area contributed by atoms with Crippen LogP contribution in [0.5, 0.6) is 0 Å². The lowest BCUT2D eigenvalue weighted by Gasteiger charge is -2.04. The van der Waals surface area contributed by atoms with Gasteiger partial charge in [-0.05, 0) is 26.1 Å². The van der Waals surface area contributed by atoms with Gasteiger partial charge < -0.3 is 10.1 Å². The molecule has 4 nitrogen and oxygen atoms in total. The summed E-state index contributed by atoms with van der Waals surface area (Å²) >= 11 is 0. The molecular formula is C12H15NO3. The fourth-order valence-electron chi connectivity index (χ4n) is 1.17. The Bertz CT molecular complexity index is 370. The number of carbonyl (C=O) groups excluding carboxylic acids is 2. The first-order valence-corrected chi connectivity index (χ1v) is 5.03. The highest BCUT2D eigenvalue weighted by Crippen LogP contribution is 2.04. The van der Waals surface area contributed by atoms with E-state index in [4.69, 9.17) is 4.74 Å². The molecule has 0 spiro atoms. The predicted molar refractivity (Wildman–Crippen MR) is 60.4 cm³/mol. The van der Waals surface area contributed by atoms with Crippen LogP contribution in [-0.4, -0.2) is 32.0 Å². The average molecular weight is 221 g/mol. The standard InChI is InChI=1S/C12H15NO3/c1-9-3-5-10(6-4-9)12(15)16-8-11(14)7-13-2/h3-6,13H,7-8H2,1-2H3. The lowest BCUT2D eigenvalue weighted by atomic mass is 10.1. The SMILES string of the molecule is CNCC(=O)COC(=O)c1ccc(C)cc1. The van der Waals surface area contributed by atoms with E-state index in [1.807, 2.05) is 19.1 Å². The number of ketones is 1. The summed E-state index contributed by atoms with van der Waals surface area (Å²) < 4.78 is 4.85. The molecule has 16 heavy (non-hydrogen) atoms. The van der Waals surface area contributed by atoms with Crippen LogP contribution in [0.15, 0.2) is 24.3 Å². The second-order valence-electron chi connectivity index (χ2n) is 3.51. The highest BCUT2D eigenvalue weighted by molar-refractivity contribution is 5.92. The average Bonchev–Trinajstić information content (AvgIpc) is 2.27. The van der Waals surface area contributed by atoms with Gasteiger partial charge in [0.1, 0.15) is 0 Å². The highest BCUT2D eigenvalue weighted by Gasteiger charge is 2.08. The third kappa shape index (κ3) is 3.82. The Morgan fingerprint density at radius 2 is 1.88 bits per heavy atom. The Hall–Kier alpha value is -1.68. The summed E-state index contributed by atoms with van der Waals surface area (Å²) in [6.07, 6.45) is 0. The van der Waals surface area contributed by atoms with Crippen LogP contribution in [0.25, 0.3) is 0 Å². The topological polar surface area (TPSA) is 55.4 Å². The molecule has 0 unspecified atom stereocenters. The quantitative estimate of drug-likeness (QED) is 0.752. The van der Waals surface area contributed by atoms with Crippen molar-refractivity contribution in [3.05, 3.63) is 35.4 Å². The van der Waals surface area contributed by atoms with Gasteiger partial charge in [0, 0.05) is 0 Å². The van der Waals surface area contributed by atoms with E-state index in [1.165, 1.54) is 0 Å². The molecule has 0 fully saturated rings. The number of nitrogens with one attached hydrogen (secondary N) is 1. The Morgan fingerprint density at radius 1 is 1.25 bits per heavy atom. The maximum absolute atomic E-state index is 11.5. The second-order valence-corrected chi connectivity index (χ2v) is 3.51. The van der Waals surface area contributed by atoms with Crippen LogP contribution in [0.4, 0.5) is 0 Å². The van der Waals surface area contributed by atoms with Crippen LogP contribution >= 0.6 is 0 Å². The maximum Gasteiger partial charge on any atom is 0.338 e. The first-order chi connectivity index (χ1) is 7.63. The Morgan fingerprint density at radius 3 is 2.44 bits per heavy atom. The van der Waals surface area contributed by atoms with Gasteiger partial charge in [0.2, 0.25) is 0 Å². The van der Waals surface area contributed by atoms with E-state index in [0.29, 0.717) is 5.56 Å². The van der Waals surface area contributed by atoms with E-state index in [9.17, 15) is 9.59 Å². The largest absolute Gasteiger partial charge is 0.454 e. The molecule has 0 bridgehead atoms. The van der Waals surface area contributed by atoms with E-state index >= 15 is 0 Å². The third-order valence-corrected chi connectivity index (χ3v) is 2.03. The monoisotopic (exact) mass is 221 g/mol. The van der Waals surface area contributed by atoms with Crippen molar-refractivity contribution in [2.24, 2.45) is 0 Å². The highest BCUT2D eigenvalue weighted by atomic mass is 16.5. The zero-order chi connectivity index (χ0) is 12.0. The number of benzene rings is 1. The van der Waals surface area contributed by atoms with Gasteiger partial charge in [0.25, 0.3) is 0 Å². The van der Waals surface area contributed by atoms with Crippen molar-refractivity contribution in [3.63, 3.8) is 0 Å². The van der Waals surface area contributed by atoms with Crippen molar-refractivity contribution in [2.45, 2.75) is 6.92 Å². The van der Waals surface area contributed by atoms with Crippen LogP contribution in [0.2, 0.25) is 0 Å². The van der Waals surface area contributed by atoms with Gasteiger partial charge in [-0.25, -0.2) is 4.79 Å². The van der Waals surface area contributed by atoms with Gasteiger partial charge in [-0.15, -0.1) is 0 Å². The predicted octanol–water partition coefficient (Wildman–Crippen LogP) is 0.940. The molecule has 1 aromatic rings. The normalized spacial score (nSPS) is 9.88. The lowest BCUT2D eigenvalue weighted by molar-refractivity contribution is -0.121. The zero-order valence-electron chi connectivity index (χ0n) is 9.45. The third-order valence-electron chi connectivity index (χ3n) is 2.03. The molecule has 0 aliphatic carbocycles. The number of rotatable bonds is 5. The smallest absolute Gasteiger partial charge is 0.338 e. The molecule has 0 aromatic heterocycles. The van der Waals surface area contributed by atoms with E-state index in [2.05, 4.69) is 5.32 Å². The molecule has 0 atom stereocenters. The van der Waals surface area contributed by atoms with Crippen LogP contribution < -0.4 is 5.32 Å². The number of Topliss-reactive ketones (excluding diaryl/α,β-unsaturated/α-hetero) is 1. The Labute approximate surface area is 94.6 Å². The molecule has 0 saturated heterocycles. The number of aryl methyl sites for hydroxylation is 1. The van der Waals surface area contributed by atoms with Crippen molar-refractivity contribution in [2.75, 3.05) is 20.2 Å². The minimum absolute atomic E-state index is 0.150. The summed E-state index contributed by atoms with van der Waals surface area (Å²) in [5.41, 5.74) is 1.53. The first kappa shape index (κ1) is 12.4. The van der Waals surface area contributed by atoms with Crippen LogP contribution in [0.1, 0.15) is 15.9 Å². The van der Waals surface area contributed by atoms with Gasteiger partial charge in [-0.3, -0.25) is 4.79 Å². The molecule has 0 saturated carbocycles. The van der Waals surface area contributed by atoms with Crippen LogP contribution in [0, 0.1) is 6.92 Å². The van der Waals surface area contributed by atoms with Crippen molar-refractivity contribution >= 4 is 11.8 Å². The maximum atomic E-state index is 11.5. The second kappa shape index (κ2) is 6.02. The molecular weight excluding hydrogens is 206 g/mol. The van der Waals surface area contributed by atoms with Crippen molar-refractivity contribution in [3.8, 4) is 0 Å². The summed E-state index contributed by atoms with van der Waals surface area (Å²) in [4.78, 5) is 22.6. The van der Waals surface area contributed by atoms with E-state index < -0.39 is 5.97 Å². The first-order valence-electron chi connectivity index (χ1n) is 5.03. The van der Waals surface area contributed by atoms with E-state index in [0.717, 1.165) is 5.56 Å². The van der Waals surface area contributed by atoms with Crippen molar-refractivity contribution in [1.82, 2.24) is 5.32 Å².